The molecule has 3 aliphatic rings. The van der Waals surface area contributed by atoms with Gasteiger partial charge in [-0.1, -0.05) is 31.0 Å². The van der Waals surface area contributed by atoms with Crippen LogP contribution in [0, 0.1) is 5.92 Å². The number of carbonyl (C=O) groups excluding carboxylic acids is 1. The molecule has 4 rings (SSSR count). The molecule has 3 heterocycles. The number of para-hydroxylation sites is 1. The Kier molecular flexibility index (Phi) is 7.32. The van der Waals surface area contributed by atoms with E-state index in [0.717, 1.165) is 51.3 Å². The van der Waals surface area contributed by atoms with Crippen molar-refractivity contribution in [2.45, 2.75) is 70.6 Å². The highest BCUT2D eigenvalue weighted by Crippen LogP contribution is 2.36. The van der Waals surface area contributed by atoms with Gasteiger partial charge in [-0.2, -0.15) is 0 Å². The van der Waals surface area contributed by atoms with Gasteiger partial charge < -0.3 is 9.64 Å². The van der Waals surface area contributed by atoms with Crippen molar-refractivity contribution in [3.05, 3.63) is 30.3 Å². The lowest BCUT2D eigenvalue weighted by Crippen LogP contribution is -2.68. The van der Waals surface area contributed by atoms with E-state index in [9.17, 15) is 4.79 Å². The Morgan fingerprint density at radius 2 is 1.67 bits per heavy atom. The zero-order chi connectivity index (χ0) is 20.9. The van der Waals surface area contributed by atoms with Crippen molar-refractivity contribution in [3.8, 4) is 5.75 Å². The van der Waals surface area contributed by atoms with Crippen LogP contribution in [0.1, 0.15) is 52.4 Å². The molecule has 0 aromatic heterocycles. The Hall–Kier alpha value is -1.59. The van der Waals surface area contributed by atoms with Crippen LogP contribution >= 0.6 is 0 Å². The molecule has 2 unspecified atom stereocenters. The molecule has 5 heteroatoms. The topological polar surface area (TPSA) is 36.0 Å². The third-order valence-corrected chi connectivity index (χ3v) is 7.28. The lowest BCUT2D eigenvalue weighted by molar-refractivity contribution is -0.136. The molecule has 3 fully saturated rings. The second-order valence-electron chi connectivity index (χ2n) is 9.66. The molecule has 1 aromatic carbocycles. The summed E-state index contributed by atoms with van der Waals surface area (Å²) in [5.41, 5.74) is 0. The maximum atomic E-state index is 12.9. The molecule has 3 saturated heterocycles. The predicted octanol–water partition coefficient (Wildman–Crippen LogP) is 3.64. The first kappa shape index (κ1) is 21.6. The highest BCUT2D eigenvalue weighted by atomic mass is 16.5. The standard InChI is InChI=1S/C25H39N3O2/c1-20(2)28-18-23(30-22-10-6-5-7-11-22)25(28)21-12-16-27(17-13-21)24(29)19-26-14-8-3-4-9-15-26/h5-7,10-11,20-21,23,25H,3-4,8-9,12-19H2,1-2H3. The molecule has 2 atom stereocenters. The fourth-order valence-electron chi connectivity index (χ4n) is 5.50. The van der Waals surface area contributed by atoms with E-state index in [-0.39, 0.29) is 6.10 Å². The molecule has 0 spiro atoms. The van der Waals surface area contributed by atoms with Gasteiger partial charge >= 0.3 is 0 Å². The summed E-state index contributed by atoms with van der Waals surface area (Å²) in [6.45, 7) is 10.2. The van der Waals surface area contributed by atoms with Crippen molar-refractivity contribution in [1.82, 2.24) is 14.7 Å². The monoisotopic (exact) mass is 413 g/mol. The van der Waals surface area contributed by atoms with Crippen LogP contribution in [-0.2, 0) is 4.79 Å². The normalized spacial score (nSPS) is 27.0. The average molecular weight is 414 g/mol. The summed E-state index contributed by atoms with van der Waals surface area (Å²) in [5, 5.41) is 0. The van der Waals surface area contributed by atoms with Crippen molar-refractivity contribution in [1.29, 1.82) is 0 Å². The molecular formula is C25H39N3O2. The van der Waals surface area contributed by atoms with Gasteiger partial charge in [0.15, 0.2) is 0 Å². The summed E-state index contributed by atoms with van der Waals surface area (Å²) in [6, 6.07) is 11.2. The van der Waals surface area contributed by atoms with Gasteiger partial charge in [-0.25, -0.2) is 0 Å². The Bertz CT molecular complexity index is 664. The first-order chi connectivity index (χ1) is 14.6. The van der Waals surface area contributed by atoms with E-state index in [1.54, 1.807) is 0 Å². The highest BCUT2D eigenvalue weighted by molar-refractivity contribution is 5.78. The van der Waals surface area contributed by atoms with Gasteiger partial charge in [0.25, 0.3) is 0 Å². The van der Waals surface area contributed by atoms with E-state index in [1.165, 1.54) is 25.7 Å². The number of amides is 1. The van der Waals surface area contributed by atoms with Gasteiger partial charge in [-0.05, 0) is 70.7 Å². The van der Waals surface area contributed by atoms with E-state index in [1.807, 2.05) is 18.2 Å². The molecule has 0 bridgehead atoms. The smallest absolute Gasteiger partial charge is 0.236 e. The largest absolute Gasteiger partial charge is 0.487 e. The van der Waals surface area contributed by atoms with Crippen LogP contribution < -0.4 is 4.74 Å². The maximum Gasteiger partial charge on any atom is 0.236 e. The second-order valence-corrected chi connectivity index (χ2v) is 9.66. The fraction of sp³-hybridized carbons (Fsp3) is 0.720. The molecule has 0 aliphatic carbocycles. The zero-order valence-corrected chi connectivity index (χ0v) is 18.8. The molecular weight excluding hydrogens is 374 g/mol. The Morgan fingerprint density at radius 3 is 2.30 bits per heavy atom. The van der Waals surface area contributed by atoms with Crippen LogP contribution in [0.25, 0.3) is 0 Å². The van der Waals surface area contributed by atoms with Crippen LogP contribution in [0.15, 0.2) is 30.3 Å². The SMILES string of the molecule is CC(C)N1CC(Oc2ccccc2)C1C1CCN(C(=O)CN2CCCCCC2)CC1. The first-order valence-corrected chi connectivity index (χ1v) is 12.1. The number of benzene rings is 1. The second kappa shape index (κ2) is 10.1. The number of ether oxygens (including phenoxy) is 1. The van der Waals surface area contributed by atoms with Crippen molar-refractivity contribution in [2.24, 2.45) is 5.92 Å². The highest BCUT2D eigenvalue weighted by Gasteiger charge is 2.47. The molecule has 0 N–H and O–H groups in total. The maximum absolute atomic E-state index is 12.9. The van der Waals surface area contributed by atoms with E-state index >= 15 is 0 Å². The Labute approximate surface area is 182 Å². The van der Waals surface area contributed by atoms with E-state index in [2.05, 4.69) is 40.7 Å². The molecule has 0 radical (unpaired) electrons. The van der Waals surface area contributed by atoms with Gasteiger partial charge in [-0.15, -0.1) is 0 Å². The summed E-state index contributed by atoms with van der Waals surface area (Å²) in [7, 11) is 0. The predicted molar refractivity (Wildman–Crippen MR) is 121 cm³/mol. The number of likely N-dealkylation sites (tertiary alicyclic amines) is 3. The van der Waals surface area contributed by atoms with Crippen molar-refractivity contribution in [3.63, 3.8) is 0 Å². The molecule has 5 nitrogen and oxygen atoms in total. The van der Waals surface area contributed by atoms with Crippen LogP contribution in [0.4, 0.5) is 0 Å². The molecule has 1 aromatic rings. The lowest BCUT2D eigenvalue weighted by atomic mass is 9.79. The zero-order valence-electron chi connectivity index (χ0n) is 18.8. The summed E-state index contributed by atoms with van der Waals surface area (Å²) in [6.07, 6.45) is 7.56. The average Bonchev–Trinajstić information content (AvgIpc) is 3.00. The van der Waals surface area contributed by atoms with Gasteiger partial charge in [0.05, 0.1) is 12.6 Å². The minimum Gasteiger partial charge on any atom is -0.487 e. The van der Waals surface area contributed by atoms with Gasteiger partial charge in [-0.3, -0.25) is 14.6 Å². The number of carbonyl (C=O) groups is 1. The molecule has 3 aliphatic heterocycles. The van der Waals surface area contributed by atoms with Crippen LogP contribution in [0.5, 0.6) is 5.75 Å². The summed E-state index contributed by atoms with van der Waals surface area (Å²) in [5.74, 6) is 1.92. The fourth-order valence-corrected chi connectivity index (χ4v) is 5.50. The Morgan fingerprint density at radius 1 is 1.00 bits per heavy atom. The molecule has 1 amide bonds. The minimum atomic E-state index is 0.263. The number of piperidine rings is 1. The van der Waals surface area contributed by atoms with Crippen LogP contribution in [-0.4, -0.2) is 78.1 Å². The summed E-state index contributed by atoms with van der Waals surface area (Å²) in [4.78, 5) is 19.9. The molecule has 30 heavy (non-hydrogen) atoms. The van der Waals surface area contributed by atoms with E-state index < -0.39 is 0 Å². The molecule has 0 saturated carbocycles. The van der Waals surface area contributed by atoms with Crippen molar-refractivity contribution < 1.29 is 9.53 Å². The van der Waals surface area contributed by atoms with Crippen LogP contribution in [0.3, 0.4) is 0 Å². The van der Waals surface area contributed by atoms with Gasteiger partial charge in [0, 0.05) is 25.7 Å². The van der Waals surface area contributed by atoms with Crippen LogP contribution in [0.2, 0.25) is 0 Å². The van der Waals surface area contributed by atoms with E-state index in [0.29, 0.717) is 30.5 Å². The van der Waals surface area contributed by atoms with Crippen molar-refractivity contribution >= 4 is 5.91 Å². The van der Waals surface area contributed by atoms with Crippen molar-refractivity contribution in [2.75, 3.05) is 39.3 Å². The quantitative estimate of drug-likeness (QED) is 0.713. The first-order valence-electron chi connectivity index (χ1n) is 12.1. The molecule has 166 valence electrons. The number of nitrogens with zero attached hydrogens (tertiary/aromatic N) is 3. The number of rotatable bonds is 6. The van der Waals surface area contributed by atoms with E-state index in [4.69, 9.17) is 4.74 Å². The Balaban J connectivity index is 1.30. The van der Waals surface area contributed by atoms with Gasteiger partial charge in [0.1, 0.15) is 11.9 Å². The third-order valence-electron chi connectivity index (χ3n) is 7.28. The lowest BCUT2D eigenvalue weighted by Gasteiger charge is -2.54. The number of hydrogen-bond acceptors (Lipinski definition) is 4. The minimum absolute atomic E-state index is 0.263. The van der Waals surface area contributed by atoms with Gasteiger partial charge in [0.2, 0.25) is 5.91 Å². The third kappa shape index (κ3) is 5.17. The summed E-state index contributed by atoms with van der Waals surface area (Å²) >= 11 is 0. The summed E-state index contributed by atoms with van der Waals surface area (Å²) < 4.78 is 6.35. The number of hydrogen-bond donors (Lipinski definition) is 0.